The van der Waals surface area contributed by atoms with Gasteiger partial charge in [0.05, 0.1) is 12.5 Å². The number of benzene rings is 4. The molecule has 0 N–H and O–H groups in total. The lowest BCUT2D eigenvalue weighted by atomic mass is 9.85. The predicted octanol–water partition coefficient (Wildman–Crippen LogP) is 5.69. The molecule has 0 aliphatic rings. The van der Waals surface area contributed by atoms with Gasteiger partial charge in [-0.05, 0) is 48.0 Å². The van der Waals surface area contributed by atoms with Gasteiger partial charge in [-0.1, -0.05) is 103 Å². The Hall–Kier alpha value is -3.27. The van der Waals surface area contributed by atoms with E-state index in [4.69, 9.17) is 4.74 Å². The number of likely N-dealkylation sites (N-methyl/N-ethyl adjacent to an activating group) is 1. The maximum absolute atomic E-state index is 13.9. The van der Waals surface area contributed by atoms with Crippen LogP contribution in [0.4, 0.5) is 0 Å². The monoisotopic (exact) mass is 423 g/mol. The third kappa shape index (κ3) is 5.13. The van der Waals surface area contributed by atoms with Crippen LogP contribution in [0, 0.1) is 0 Å². The highest BCUT2D eigenvalue weighted by Gasteiger charge is 2.31. The predicted molar refractivity (Wildman–Crippen MR) is 131 cm³/mol. The molecule has 162 valence electrons. The quantitative estimate of drug-likeness (QED) is 0.324. The van der Waals surface area contributed by atoms with Gasteiger partial charge in [0, 0.05) is 0 Å². The van der Waals surface area contributed by atoms with Gasteiger partial charge < -0.3 is 4.74 Å². The summed E-state index contributed by atoms with van der Waals surface area (Å²) in [6.45, 7) is 0.484. The number of ketones is 1. The fraction of sp³-hybridized carbons (Fsp3) is 0.207. The molecule has 3 nitrogen and oxygen atoms in total. The number of ether oxygens (including phenoxy) is 1. The molecule has 0 radical (unpaired) electrons. The molecule has 0 amide bonds. The van der Waals surface area contributed by atoms with E-state index in [1.165, 1.54) is 10.9 Å². The lowest BCUT2D eigenvalue weighted by Crippen LogP contribution is -2.41. The van der Waals surface area contributed by atoms with Gasteiger partial charge in [0.25, 0.3) is 0 Å². The first kappa shape index (κ1) is 21.9. The Morgan fingerprint density at radius 2 is 1.38 bits per heavy atom. The zero-order valence-corrected chi connectivity index (χ0v) is 18.6. The van der Waals surface area contributed by atoms with Crippen LogP contribution in [0.3, 0.4) is 0 Å². The molecule has 0 spiro atoms. The van der Waals surface area contributed by atoms with Crippen molar-refractivity contribution in [1.29, 1.82) is 0 Å². The molecule has 3 heteroatoms. The molecular weight excluding hydrogens is 394 g/mol. The first-order chi connectivity index (χ1) is 15.6. The van der Waals surface area contributed by atoms with Crippen LogP contribution in [0.25, 0.3) is 10.8 Å². The summed E-state index contributed by atoms with van der Waals surface area (Å²) in [7, 11) is 3.79. The standard InChI is InChI=1S/C29H29NO2/c1-30(2)29(32-20-19-22-11-5-3-6-12-22)28(31)27(24-14-7-4-8-15-24)26-18-17-23-13-9-10-16-25(23)21-26/h3-18,21,27,29H,19-20H2,1-2H3. The van der Waals surface area contributed by atoms with Crippen LogP contribution in [0.1, 0.15) is 22.6 Å². The third-order valence-electron chi connectivity index (χ3n) is 5.75. The number of nitrogens with zero attached hydrogens (tertiary/aromatic N) is 1. The number of hydrogen-bond donors (Lipinski definition) is 0. The van der Waals surface area contributed by atoms with Crippen LogP contribution < -0.4 is 0 Å². The molecule has 0 aliphatic carbocycles. The largest absolute Gasteiger partial charge is 0.355 e. The third-order valence-corrected chi connectivity index (χ3v) is 5.75. The second kappa shape index (κ2) is 10.4. The summed E-state index contributed by atoms with van der Waals surface area (Å²) < 4.78 is 6.16. The maximum atomic E-state index is 13.9. The normalized spacial score (nSPS) is 13.2. The summed E-state index contributed by atoms with van der Waals surface area (Å²) in [4.78, 5) is 15.8. The van der Waals surface area contributed by atoms with Crippen molar-refractivity contribution in [2.75, 3.05) is 20.7 Å². The highest BCUT2D eigenvalue weighted by Crippen LogP contribution is 2.30. The molecule has 0 bridgehead atoms. The minimum atomic E-state index is -0.629. The summed E-state index contributed by atoms with van der Waals surface area (Å²) in [6, 6.07) is 34.7. The van der Waals surface area contributed by atoms with E-state index < -0.39 is 12.1 Å². The van der Waals surface area contributed by atoms with Crippen LogP contribution >= 0.6 is 0 Å². The first-order valence-electron chi connectivity index (χ1n) is 11.0. The van der Waals surface area contributed by atoms with E-state index in [-0.39, 0.29) is 5.78 Å². The summed E-state index contributed by atoms with van der Waals surface area (Å²) in [5.41, 5.74) is 3.16. The topological polar surface area (TPSA) is 29.5 Å². The van der Waals surface area contributed by atoms with Crippen LogP contribution in [-0.4, -0.2) is 37.6 Å². The smallest absolute Gasteiger partial charge is 0.188 e. The van der Waals surface area contributed by atoms with Gasteiger partial charge in [0.1, 0.15) is 0 Å². The molecule has 4 aromatic carbocycles. The maximum Gasteiger partial charge on any atom is 0.188 e. The van der Waals surface area contributed by atoms with Crippen LogP contribution in [0.15, 0.2) is 103 Å². The van der Waals surface area contributed by atoms with Crippen molar-refractivity contribution in [3.63, 3.8) is 0 Å². The Balaban J connectivity index is 1.63. The van der Waals surface area contributed by atoms with E-state index in [2.05, 4.69) is 42.5 Å². The van der Waals surface area contributed by atoms with Gasteiger partial charge in [-0.3, -0.25) is 9.69 Å². The second-order valence-corrected chi connectivity index (χ2v) is 8.28. The average Bonchev–Trinajstić information content (AvgIpc) is 2.83. The molecule has 32 heavy (non-hydrogen) atoms. The van der Waals surface area contributed by atoms with Crippen molar-refractivity contribution in [2.24, 2.45) is 0 Å². The highest BCUT2D eigenvalue weighted by molar-refractivity contribution is 5.94. The first-order valence-corrected chi connectivity index (χ1v) is 11.0. The molecule has 2 unspecified atom stereocenters. The van der Waals surface area contributed by atoms with E-state index in [1.54, 1.807) is 0 Å². The van der Waals surface area contributed by atoms with Crippen LogP contribution in [0.2, 0.25) is 0 Å². The molecule has 0 heterocycles. The molecule has 0 fully saturated rings. The van der Waals surface area contributed by atoms with Gasteiger partial charge in [0.2, 0.25) is 0 Å². The summed E-state index contributed by atoms with van der Waals surface area (Å²) in [5.74, 6) is -0.352. The Morgan fingerprint density at radius 1 is 0.750 bits per heavy atom. The molecule has 4 aromatic rings. The average molecular weight is 424 g/mol. The minimum absolute atomic E-state index is 0.0459. The Kier molecular flexibility index (Phi) is 7.10. The van der Waals surface area contributed by atoms with Crippen molar-refractivity contribution in [2.45, 2.75) is 18.6 Å². The number of carbonyl (C=O) groups excluding carboxylic acids is 1. The molecular formula is C29H29NO2. The van der Waals surface area contributed by atoms with Crippen LogP contribution in [0.5, 0.6) is 0 Å². The minimum Gasteiger partial charge on any atom is -0.355 e. The highest BCUT2D eigenvalue weighted by atomic mass is 16.5. The number of hydrogen-bond acceptors (Lipinski definition) is 3. The van der Waals surface area contributed by atoms with Gasteiger partial charge in [-0.2, -0.15) is 0 Å². The Morgan fingerprint density at radius 3 is 2.06 bits per heavy atom. The van der Waals surface area contributed by atoms with E-state index in [1.807, 2.05) is 79.7 Å². The Labute approximate surface area is 190 Å². The molecule has 0 aromatic heterocycles. The Bertz CT molecular complexity index is 1160. The lowest BCUT2D eigenvalue weighted by molar-refractivity contribution is -0.141. The van der Waals surface area contributed by atoms with E-state index in [0.717, 1.165) is 22.9 Å². The second-order valence-electron chi connectivity index (χ2n) is 8.28. The SMILES string of the molecule is CN(C)C(OCCc1ccccc1)C(=O)C(c1ccccc1)c1ccc2ccccc2c1. The molecule has 4 rings (SSSR count). The number of rotatable bonds is 9. The van der Waals surface area contributed by atoms with Crippen molar-refractivity contribution < 1.29 is 9.53 Å². The summed E-state index contributed by atoms with van der Waals surface area (Å²) in [5, 5.41) is 2.30. The van der Waals surface area contributed by atoms with Gasteiger partial charge >= 0.3 is 0 Å². The van der Waals surface area contributed by atoms with E-state index >= 15 is 0 Å². The zero-order chi connectivity index (χ0) is 22.3. The zero-order valence-electron chi connectivity index (χ0n) is 18.6. The van der Waals surface area contributed by atoms with Crippen LogP contribution in [-0.2, 0) is 16.0 Å². The summed E-state index contributed by atoms with van der Waals surface area (Å²) >= 11 is 0. The fourth-order valence-electron chi connectivity index (χ4n) is 4.12. The van der Waals surface area contributed by atoms with Crippen molar-refractivity contribution in [3.05, 3.63) is 120 Å². The van der Waals surface area contributed by atoms with E-state index in [0.29, 0.717) is 6.61 Å². The van der Waals surface area contributed by atoms with Crippen molar-refractivity contribution >= 4 is 16.6 Å². The van der Waals surface area contributed by atoms with Crippen molar-refractivity contribution in [1.82, 2.24) is 4.90 Å². The molecule has 0 saturated carbocycles. The van der Waals surface area contributed by atoms with Gasteiger partial charge in [-0.25, -0.2) is 0 Å². The van der Waals surface area contributed by atoms with E-state index in [9.17, 15) is 4.79 Å². The van der Waals surface area contributed by atoms with Crippen molar-refractivity contribution in [3.8, 4) is 0 Å². The molecule has 2 atom stereocenters. The number of Topliss-reactive ketones (excluding diaryl/α,β-unsaturated/α-hetero) is 1. The molecule has 0 aliphatic heterocycles. The molecule has 0 saturated heterocycles. The number of carbonyl (C=O) groups is 1. The lowest BCUT2D eigenvalue weighted by Gasteiger charge is -2.28. The fourth-order valence-corrected chi connectivity index (χ4v) is 4.12. The number of fused-ring (bicyclic) bond motifs is 1. The van der Waals surface area contributed by atoms with Gasteiger partial charge in [0.15, 0.2) is 12.0 Å². The summed E-state index contributed by atoms with van der Waals surface area (Å²) in [6.07, 6.45) is 0.139. The van der Waals surface area contributed by atoms with Gasteiger partial charge in [-0.15, -0.1) is 0 Å².